The maximum Gasteiger partial charge on any atom is 0.256 e. The van der Waals surface area contributed by atoms with E-state index >= 15 is 0 Å². The standard InChI is InChI=1S/C23H24N8O2/c1-3-33-22-16(6-4-10-24-22)20-27-21(29-28-20)19-7-5-13-30(19)23(32)17-14-15(2)8-9-18(17)31-25-11-12-26-31/h4,6,8-12,14,19H,3,5,7,13H2,1-2H3,(H,27,28,29). The molecule has 10 nitrogen and oxygen atoms in total. The molecule has 168 valence electrons. The van der Waals surface area contributed by atoms with Gasteiger partial charge in [-0.1, -0.05) is 11.6 Å². The molecule has 1 fully saturated rings. The van der Waals surface area contributed by atoms with E-state index in [1.165, 1.54) is 4.80 Å². The van der Waals surface area contributed by atoms with Crippen molar-refractivity contribution in [2.75, 3.05) is 13.2 Å². The molecule has 1 aliphatic heterocycles. The van der Waals surface area contributed by atoms with Crippen LogP contribution in [0, 0.1) is 6.92 Å². The zero-order chi connectivity index (χ0) is 22.8. The van der Waals surface area contributed by atoms with Crippen LogP contribution < -0.4 is 4.74 Å². The highest BCUT2D eigenvalue weighted by Gasteiger charge is 2.34. The molecule has 10 heteroatoms. The molecular formula is C23H24N8O2. The third kappa shape index (κ3) is 3.95. The molecule has 1 aliphatic rings. The quantitative estimate of drug-likeness (QED) is 0.486. The Morgan fingerprint density at radius 3 is 2.85 bits per heavy atom. The van der Waals surface area contributed by atoms with Crippen LogP contribution in [0.15, 0.2) is 48.9 Å². The van der Waals surface area contributed by atoms with Crippen LogP contribution in [0.1, 0.15) is 47.6 Å². The molecule has 1 aromatic carbocycles. The molecule has 0 bridgehead atoms. The molecule has 4 aromatic rings. The average molecular weight is 444 g/mol. The molecule has 1 N–H and O–H groups in total. The van der Waals surface area contributed by atoms with Gasteiger partial charge in [-0.15, -0.1) is 10.2 Å². The summed E-state index contributed by atoms with van der Waals surface area (Å²) in [6.07, 6.45) is 6.55. The maximum atomic E-state index is 13.7. The van der Waals surface area contributed by atoms with Gasteiger partial charge in [-0.25, -0.2) is 4.98 Å². The summed E-state index contributed by atoms with van der Waals surface area (Å²) >= 11 is 0. The topological polar surface area (TPSA) is 115 Å². The Bertz CT molecular complexity index is 1270. The second kappa shape index (κ2) is 8.81. The van der Waals surface area contributed by atoms with Crippen LogP contribution in [0.3, 0.4) is 0 Å². The van der Waals surface area contributed by atoms with Crippen LogP contribution in [-0.4, -0.2) is 59.1 Å². The number of amides is 1. The van der Waals surface area contributed by atoms with Crippen LogP contribution in [0.4, 0.5) is 0 Å². The molecule has 4 heterocycles. The van der Waals surface area contributed by atoms with Gasteiger partial charge in [0, 0.05) is 12.7 Å². The number of rotatable bonds is 6. The highest BCUT2D eigenvalue weighted by atomic mass is 16.5. The number of aromatic nitrogens is 7. The number of carbonyl (C=O) groups is 1. The summed E-state index contributed by atoms with van der Waals surface area (Å²) in [6.45, 7) is 5.01. The first-order valence-electron chi connectivity index (χ1n) is 10.9. The Kier molecular flexibility index (Phi) is 5.55. The molecule has 0 saturated carbocycles. The van der Waals surface area contributed by atoms with Crippen LogP contribution in [-0.2, 0) is 0 Å². The van der Waals surface area contributed by atoms with Gasteiger partial charge in [0.2, 0.25) is 5.88 Å². The van der Waals surface area contributed by atoms with Crippen molar-refractivity contribution in [3.05, 3.63) is 65.9 Å². The van der Waals surface area contributed by atoms with E-state index in [1.807, 2.05) is 49.1 Å². The van der Waals surface area contributed by atoms with Gasteiger partial charge >= 0.3 is 0 Å². The van der Waals surface area contributed by atoms with E-state index in [0.717, 1.165) is 24.0 Å². The third-order valence-corrected chi connectivity index (χ3v) is 5.66. The molecule has 33 heavy (non-hydrogen) atoms. The van der Waals surface area contributed by atoms with Crippen molar-refractivity contribution in [3.8, 4) is 23.0 Å². The smallest absolute Gasteiger partial charge is 0.256 e. The molecule has 0 aliphatic carbocycles. The zero-order valence-electron chi connectivity index (χ0n) is 18.5. The highest BCUT2D eigenvalue weighted by Crippen LogP contribution is 2.34. The molecule has 0 radical (unpaired) electrons. The predicted octanol–water partition coefficient (Wildman–Crippen LogP) is 3.13. The number of hydrogen-bond acceptors (Lipinski definition) is 7. The number of aromatic amines is 1. The largest absolute Gasteiger partial charge is 0.477 e. The third-order valence-electron chi connectivity index (χ3n) is 5.66. The summed E-state index contributed by atoms with van der Waals surface area (Å²) in [7, 11) is 0. The van der Waals surface area contributed by atoms with Gasteiger partial charge in [0.1, 0.15) is 0 Å². The first-order chi connectivity index (χ1) is 16.2. The lowest BCUT2D eigenvalue weighted by Gasteiger charge is -2.24. The first kappa shape index (κ1) is 20.8. The van der Waals surface area contributed by atoms with Crippen LogP contribution in [0.25, 0.3) is 17.1 Å². The number of aryl methyl sites for hydroxylation is 1. The van der Waals surface area contributed by atoms with E-state index in [2.05, 4.69) is 30.4 Å². The number of nitrogens with zero attached hydrogens (tertiary/aromatic N) is 7. The summed E-state index contributed by atoms with van der Waals surface area (Å²) < 4.78 is 5.63. The summed E-state index contributed by atoms with van der Waals surface area (Å²) in [6, 6.07) is 9.21. The van der Waals surface area contributed by atoms with Crippen LogP contribution >= 0.6 is 0 Å². The van der Waals surface area contributed by atoms with Gasteiger partial charge < -0.3 is 14.6 Å². The normalized spacial score (nSPS) is 15.7. The van der Waals surface area contributed by atoms with Gasteiger partial charge in [-0.05, 0) is 51.0 Å². The fourth-order valence-electron chi connectivity index (χ4n) is 4.15. The lowest BCUT2D eigenvalue weighted by Crippen LogP contribution is -2.32. The number of benzene rings is 1. The van der Waals surface area contributed by atoms with Gasteiger partial charge in [0.05, 0.1) is 41.9 Å². The minimum atomic E-state index is -0.204. The maximum absolute atomic E-state index is 13.7. The number of H-pyrrole nitrogens is 1. The van der Waals surface area contributed by atoms with Crippen molar-refractivity contribution in [3.63, 3.8) is 0 Å². The minimum absolute atomic E-state index is 0.0807. The second-order valence-corrected chi connectivity index (χ2v) is 7.84. The number of pyridine rings is 1. The Balaban J connectivity index is 1.46. The molecule has 1 unspecified atom stereocenters. The number of hydrogen-bond donors (Lipinski definition) is 1. The SMILES string of the molecule is CCOc1ncccc1-c1nnc(C2CCCN2C(=O)c2cc(C)ccc2-n2nccn2)[nH]1. The fraction of sp³-hybridized carbons (Fsp3) is 0.304. The van der Waals surface area contributed by atoms with E-state index in [0.29, 0.717) is 41.9 Å². The highest BCUT2D eigenvalue weighted by molar-refractivity contribution is 5.98. The van der Waals surface area contributed by atoms with E-state index in [-0.39, 0.29) is 11.9 Å². The summed E-state index contributed by atoms with van der Waals surface area (Å²) in [5.74, 6) is 1.63. The van der Waals surface area contributed by atoms with Gasteiger partial charge in [0.25, 0.3) is 5.91 Å². The fourth-order valence-corrected chi connectivity index (χ4v) is 4.15. The monoisotopic (exact) mass is 444 g/mol. The van der Waals surface area contributed by atoms with Crippen molar-refractivity contribution < 1.29 is 9.53 Å². The number of carbonyl (C=O) groups excluding carboxylic acids is 1. The van der Waals surface area contributed by atoms with Crippen molar-refractivity contribution in [1.82, 2.24) is 40.1 Å². The summed E-state index contributed by atoms with van der Waals surface area (Å²) in [4.78, 5) is 24.6. The minimum Gasteiger partial charge on any atom is -0.477 e. The molecule has 1 amide bonds. The van der Waals surface area contributed by atoms with Crippen molar-refractivity contribution in [2.24, 2.45) is 0 Å². The zero-order valence-corrected chi connectivity index (χ0v) is 18.5. The lowest BCUT2D eigenvalue weighted by atomic mass is 10.1. The van der Waals surface area contributed by atoms with Gasteiger partial charge in [-0.3, -0.25) is 4.79 Å². The molecule has 1 atom stereocenters. The molecule has 5 rings (SSSR count). The Hall–Kier alpha value is -4.08. The molecular weight excluding hydrogens is 420 g/mol. The second-order valence-electron chi connectivity index (χ2n) is 7.84. The van der Waals surface area contributed by atoms with Gasteiger partial charge in [-0.2, -0.15) is 15.0 Å². The molecule has 3 aromatic heterocycles. The van der Waals surface area contributed by atoms with E-state index in [1.54, 1.807) is 18.6 Å². The number of ether oxygens (including phenoxy) is 1. The van der Waals surface area contributed by atoms with Crippen molar-refractivity contribution >= 4 is 5.91 Å². The van der Waals surface area contributed by atoms with Crippen LogP contribution in [0.2, 0.25) is 0 Å². The van der Waals surface area contributed by atoms with Gasteiger partial charge in [0.15, 0.2) is 11.6 Å². The summed E-state index contributed by atoms with van der Waals surface area (Å²) in [5.41, 5.74) is 2.94. The van der Waals surface area contributed by atoms with Crippen molar-refractivity contribution in [1.29, 1.82) is 0 Å². The Morgan fingerprint density at radius 2 is 2.03 bits per heavy atom. The molecule has 0 spiro atoms. The predicted molar refractivity (Wildman–Crippen MR) is 120 cm³/mol. The molecule has 1 saturated heterocycles. The Labute approximate surface area is 190 Å². The average Bonchev–Trinajstić information content (AvgIpc) is 3.60. The lowest BCUT2D eigenvalue weighted by molar-refractivity contribution is 0.0729. The number of likely N-dealkylation sites (tertiary alicyclic amines) is 1. The van der Waals surface area contributed by atoms with E-state index in [4.69, 9.17) is 4.74 Å². The number of nitrogens with one attached hydrogen (secondary N) is 1. The van der Waals surface area contributed by atoms with Crippen molar-refractivity contribution in [2.45, 2.75) is 32.7 Å². The summed E-state index contributed by atoms with van der Waals surface area (Å²) in [5, 5.41) is 17.1. The van der Waals surface area contributed by atoms with E-state index < -0.39 is 0 Å². The first-order valence-corrected chi connectivity index (χ1v) is 10.9. The van der Waals surface area contributed by atoms with Crippen LogP contribution in [0.5, 0.6) is 5.88 Å². The Morgan fingerprint density at radius 1 is 1.18 bits per heavy atom. The van der Waals surface area contributed by atoms with E-state index in [9.17, 15) is 4.79 Å².